The molecule has 0 fully saturated rings. The molecular formula is NO11S2-5. The Morgan fingerprint density at radius 1 is 0.714 bits per heavy atom. The van der Waals surface area contributed by atoms with Gasteiger partial charge >= 0.3 is 0 Å². The first-order valence-corrected chi connectivity index (χ1v) is 4.55. The Bertz CT molecular complexity index is 279. The van der Waals surface area contributed by atoms with Crippen LogP contribution in [0, 0.1) is 15.3 Å². The van der Waals surface area contributed by atoms with Crippen LogP contribution in [0.1, 0.15) is 0 Å². The Balaban J connectivity index is -0.000000131. The van der Waals surface area contributed by atoms with E-state index in [9.17, 15) is 0 Å². The van der Waals surface area contributed by atoms with Gasteiger partial charge in [-0.3, -0.25) is 16.8 Å². The van der Waals surface area contributed by atoms with Gasteiger partial charge in [-0.05, 0) is 0 Å². The molecule has 0 saturated carbocycles. The number of rotatable bonds is 0. The summed E-state index contributed by atoms with van der Waals surface area (Å²) in [6.07, 6.45) is 0. The van der Waals surface area contributed by atoms with Gasteiger partial charge in [0.2, 0.25) is 0 Å². The van der Waals surface area contributed by atoms with Crippen molar-refractivity contribution >= 4 is 20.8 Å². The van der Waals surface area contributed by atoms with Crippen molar-refractivity contribution in [1.82, 2.24) is 0 Å². The Labute approximate surface area is 77.1 Å². The standard InChI is InChI=1S/NO3.2H2O4S/c2-1(3)4;2*1-5(2,3)4/h;2*(H2,1,2,3,4)/q-1;;/p-4. The highest BCUT2D eigenvalue weighted by atomic mass is 32.3. The molecule has 0 amide bonds. The summed E-state index contributed by atoms with van der Waals surface area (Å²) in [6, 6.07) is 0. The lowest BCUT2D eigenvalue weighted by atomic mass is 13.1. The van der Waals surface area contributed by atoms with Crippen molar-refractivity contribution in [2.75, 3.05) is 0 Å². The van der Waals surface area contributed by atoms with E-state index in [1.165, 1.54) is 0 Å². The molecule has 0 saturated heterocycles. The highest BCUT2D eigenvalue weighted by Gasteiger charge is 1.50. The van der Waals surface area contributed by atoms with Crippen molar-refractivity contribution in [1.29, 1.82) is 0 Å². The van der Waals surface area contributed by atoms with E-state index in [4.69, 9.17) is 50.4 Å². The van der Waals surface area contributed by atoms with Gasteiger partial charge in [-0.1, -0.05) is 0 Å². The minimum atomic E-state index is -5.17. The summed E-state index contributed by atoms with van der Waals surface area (Å²) in [7, 11) is -10.3. The second kappa shape index (κ2) is 7.35. The Kier molecular flexibility index (Phi) is 9.81. The average molecular weight is 254 g/mol. The maximum atomic E-state index is 8.52. The molecule has 0 aromatic carbocycles. The minimum absolute atomic E-state index is 1.75. The SMILES string of the molecule is O=S(=O)([O-])[O-].O=S(=O)([O-])[O-].O=[N+]([O-])[O-]. The molecule has 0 N–H and O–H groups in total. The van der Waals surface area contributed by atoms with Crippen molar-refractivity contribution in [3.63, 3.8) is 0 Å². The van der Waals surface area contributed by atoms with Crippen molar-refractivity contribution in [2.45, 2.75) is 0 Å². The Morgan fingerprint density at radius 2 is 0.714 bits per heavy atom. The lowest BCUT2D eigenvalue weighted by Crippen LogP contribution is -1.91. The molecule has 0 aliphatic carbocycles. The fraction of sp³-hybridized carbons (Fsp3) is 0. The molecule has 0 rings (SSSR count). The molecule has 0 spiro atoms. The summed E-state index contributed by atoms with van der Waals surface area (Å²) in [5, 5.41) is 14.8. The van der Waals surface area contributed by atoms with Gasteiger partial charge in [-0.25, -0.2) is 0 Å². The average Bonchev–Trinajstić information content (AvgIpc) is 1.45. The molecule has 14 heavy (non-hydrogen) atoms. The summed E-state index contributed by atoms with van der Waals surface area (Å²) in [5.41, 5.74) is 0. The third kappa shape index (κ3) is 962. The molecule has 0 radical (unpaired) electrons. The van der Waals surface area contributed by atoms with E-state index in [1.54, 1.807) is 0 Å². The van der Waals surface area contributed by atoms with E-state index in [0.717, 1.165) is 0 Å². The molecule has 0 aliphatic rings. The van der Waals surface area contributed by atoms with Crippen LogP contribution in [-0.2, 0) is 20.8 Å². The minimum Gasteiger partial charge on any atom is -0.759 e. The third-order valence-electron chi connectivity index (χ3n) is 0. The first kappa shape index (κ1) is 18.7. The first-order valence-electron chi connectivity index (χ1n) is 1.88. The van der Waals surface area contributed by atoms with Crippen LogP contribution in [0.2, 0.25) is 0 Å². The van der Waals surface area contributed by atoms with Crippen LogP contribution in [0.25, 0.3) is 0 Å². The van der Waals surface area contributed by atoms with Gasteiger partial charge < -0.3 is 33.5 Å². The summed E-state index contributed by atoms with van der Waals surface area (Å²) in [4.78, 5) is 8.25. The van der Waals surface area contributed by atoms with Gasteiger partial charge in [0.15, 0.2) is 0 Å². The topological polar surface area (TPSA) is 227 Å². The molecule has 0 unspecified atom stereocenters. The number of hydrogen-bond donors (Lipinski definition) is 0. The van der Waals surface area contributed by atoms with Crippen LogP contribution in [0.4, 0.5) is 0 Å². The smallest absolute Gasteiger partial charge is 0.0689 e. The van der Waals surface area contributed by atoms with E-state index in [0.29, 0.717) is 0 Å². The normalized spacial score (nSPS) is 10.0. The van der Waals surface area contributed by atoms with Crippen LogP contribution in [-0.4, -0.2) is 40.1 Å². The van der Waals surface area contributed by atoms with Gasteiger partial charge in [0.1, 0.15) is 0 Å². The van der Waals surface area contributed by atoms with E-state index in [2.05, 4.69) is 0 Å². The lowest BCUT2D eigenvalue weighted by molar-refractivity contribution is -0.402. The highest BCUT2D eigenvalue weighted by Crippen LogP contribution is 1.58. The number of nitrogens with zero attached hydrogens (tertiary/aromatic N) is 1. The van der Waals surface area contributed by atoms with E-state index >= 15 is 0 Å². The maximum Gasteiger partial charge on any atom is 0.0689 e. The summed E-state index contributed by atoms with van der Waals surface area (Å²) in [5.74, 6) is 0. The van der Waals surface area contributed by atoms with Crippen molar-refractivity contribution in [3.05, 3.63) is 15.3 Å². The molecular weight excluding hydrogens is 254 g/mol. The van der Waals surface area contributed by atoms with Crippen LogP contribution in [0.5, 0.6) is 0 Å². The summed E-state index contributed by atoms with van der Waals surface area (Å²) < 4.78 is 68.2. The van der Waals surface area contributed by atoms with E-state index in [-0.39, 0.29) is 0 Å². The lowest BCUT2D eigenvalue weighted by Gasteiger charge is -2.06. The summed E-state index contributed by atoms with van der Waals surface area (Å²) >= 11 is 0. The van der Waals surface area contributed by atoms with Gasteiger partial charge in [-0.2, -0.15) is 0 Å². The first-order chi connectivity index (χ1) is 5.73. The van der Waals surface area contributed by atoms with Crippen LogP contribution < -0.4 is 0 Å². The predicted octanol–water partition coefficient (Wildman–Crippen LogP) is -2.92. The molecule has 0 aromatic heterocycles. The zero-order valence-corrected chi connectivity index (χ0v) is 7.39. The molecule has 0 aromatic rings. The second-order valence-electron chi connectivity index (χ2n) is 1.04. The van der Waals surface area contributed by atoms with E-state index < -0.39 is 25.9 Å². The molecule has 0 bridgehead atoms. The fourth-order valence-corrected chi connectivity index (χ4v) is 0. The molecule has 0 aliphatic heterocycles. The zero-order chi connectivity index (χ0) is 12.6. The molecule has 14 heteroatoms. The molecule has 88 valence electrons. The second-order valence-corrected chi connectivity index (χ2v) is 2.67. The Morgan fingerprint density at radius 3 is 0.714 bits per heavy atom. The molecule has 0 heterocycles. The van der Waals surface area contributed by atoms with Gasteiger partial charge in [0.05, 0.1) is 5.09 Å². The monoisotopic (exact) mass is 254 g/mol. The molecule has 12 nitrogen and oxygen atoms in total. The predicted molar refractivity (Wildman–Crippen MR) is 31.3 cm³/mol. The fourth-order valence-electron chi connectivity index (χ4n) is 0. The van der Waals surface area contributed by atoms with Crippen LogP contribution in [0.15, 0.2) is 0 Å². The van der Waals surface area contributed by atoms with E-state index in [1.807, 2.05) is 0 Å². The highest BCUT2D eigenvalue weighted by molar-refractivity contribution is 7.79. The molecule has 0 atom stereocenters. The van der Waals surface area contributed by atoms with Crippen molar-refractivity contribution in [2.24, 2.45) is 0 Å². The van der Waals surface area contributed by atoms with Gasteiger partial charge in [0, 0.05) is 20.8 Å². The van der Waals surface area contributed by atoms with Gasteiger partial charge in [0.25, 0.3) is 0 Å². The Hall–Kier alpha value is -1.06. The third-order valence-corrected chi connectivity index (χ3v) is 0. The van der Waals surface area contributed by atoms with Crippen LogP contribution in [0.3, 0.4) is 0 Å². The van der Waals surface area contributed by atoms with Crippen LogP contribution >= 0.6 is 0 Å². The number of hydrogen-bond acceptors (Lipinski definition) is 11. The van der Waals surface area contributed by atoms with Crippen molar-refractivity contribution in [3.8, 4) is 0 Å². The summed E-state index contributed by atoms with van der Waals surface area (Å²) in [6.45, 7) is 0. The zero-order valence-electron chi connectivity index (χ0n) is 5.75. The maximum absolute atomic E-state index is 8.52. The quantitative estimate of drug-likeness (QED) is 0.184. The van der Waals surface area contributed by atoms with Gasteiger partial charge in [-0.15, -0.1) is 0 Å². The largest absolute Gasteiger partial charge is 0.759 e. The van der Waals surface area contributed by atoms with Crippen molar-refractivity contribution < 1.29 is 40.1 Å².